The maximum absolute atomic E-state index is 12.6. The van der Waals surface area contributed by atoms with Gasteiger partial charge in [-0.25, -0.2) is 14.1 Å². The molecule has 14 nitrogen and oxygen atoms in total. The Morgan fingerprint density at radius 2 is 2.08 bits per heavy atom. The van der Waals surface area contributed by atoms with Crippen LogP contribution < -0.4 is 10.6 Å². The molecular weight excluding hydrogens is 559 g/mol. The molecule has 0 saturated carbocycles. The number of phosphoric ester groups is 1. The number of aryl methyl sites for hydroxylation is 1. The number of likely N-dealkylation sites (tertiary alicyclic amines) is 1. The van der Waals surface area contributed by atoms with Gasteiger partial charge in [0, 0.05) is 41.6 Å². The molecule has 1 aromatic carbocycles. The average Bonchev–Trinajstić information content (AvgIpc) is 3.64. The fourth-order valence-electron chi connectivity index (χ4n) is 4.22. The quantitative estimate of drug-likeness (QED) is 0.121. The highest BCUT2D eigenvalue weighted by atomic mass is 32.2. The number of carbonyl (C=O) groups excluding carboxylic acids is 1. The van der Waals surface area contributed by atoms with Gasteiger partial charge in [-0.2, -0.15) is 5.10 Å². The summed E-state index contributed by atoms with van der Waals surface area (Å²) in [6.07, 6.45) is 2.47. The lowest BCUT2D eigenvalue weighted by molar-refractivity contribution is -0.117. The molecule has 4 heterocycles. The highest BCUT2D eigenvalue weighted by Gasteiger charge is 2.25. The average molecular weight is 589 g/mol. The Morgan fingerprint density at radius 1 is 1.25 bits per heavy atom. The molecule has 4 aromatic rings. The maximum Gasteiger partial charge on any atom is 0.469 e. The van der Waals surface area contributed by atoms with Crippen LogP contribution in [0.25, 0.3) is 5.52 Å². The molecule has 0 spiro atoms. The fourth-order valence-corrected chi connectivity index (χ4v) is 5.28. The van der Waals surface area contributed by atoms with E-state index in [1.807, 2.05) is 60.5 Å². The molecule has 5 rings (SSSR count). The van der Waals surface area contributed by atoms with E-state index in [2.05, 4.69) is 35.4 Å². The zero-order valence-electron chi connectivity index (χ0n) is 21.6. The van der Waals surface area contributed by atoms with Gasteiger partial charge in [0.25, 0.3) is 0 Å². The molecule has 1 aliphatic heterocycles. The molecule has 1 amide bonds. The molecule has 0 unspecified atom stereocenters. The van der Waals surface area contributed by atoms with E-state index in [4.69, 9.17) is 14.5 Å². The Hall–Kier alpha value is -3.30. The predicted octanol–water partition coefficient (Wildman–Crippen LogP) is 2.79. The van der Waals surface area contributed by atoms with Gasteiger partial charge in [0.15, 0.2) is 11.6 Å². The molecule has 16 heteroatoms. The largest absolute Gasteiger partial charge is 0.469 e. The van der Waals surface area contributed by atoms with Crippen LogP contribution >= 0.6 is 19.6 Å². The third-order valence-corrected chi connectivity index (χ3v) is 7.35. The second kappa shape index (κ2) is 12.5. The van der Waals surface area contributed by atoms with E-state index in [-0.39, 0.29) is 31.8 Å². The Kier molecular flexibility index (Phi) is 8.81. The van der Waals surface area contributed by atoms with Gasteiger partial charge in [-0.3, -0.25) is 19.3 Å². The van der Waals surface area contributed by atoms with E-state index in [0.29, 0.717) is 35.6 Å². The summed E-state index contributed by atoms with van der Waals surface area (Å²) in [4.78, 5) is 37.5. The Balaban J connectivity index is 1.11. The standard InChI is InChI=1S/C24H29N8O6PS/c1-16-13-21(29-28-16)26-23-20-3-2-9-32(20)30-24(27-23)40-19-6-4-17(5-7-19)25-22(33)15-31-10-8-18(14-31)37-11-12-38-39(34,35)36/h2-7,9,13,18H,8,10-12,14-15H2,1H3,(H,25,33)(H2,34,35,36)(H2,26,27,28,29,30)/t18-/m1/s1. The summed E-state index contributed by atoms with van der Waals surface area (Å²) in [5, 5.41) is 18.4. The van der Waals surface area contributed by atoms with Gasteiger partial charge < -0.3 is 25.2 Å². The first kappa shape index (κ1) is 28.2. The van der Waals surface area contributed by atoms with E-state index in [1.165, 1.54) is 11.8 Å². The van der Waals surface area contributed by atoms with Crippen LogP contribution in [0.15, 0.2) is 58.7 Å². The summed E-state index contributed by atoms with van der Waals surface area (Å²) in [6, 6.07) is 13.2. The molecule has 1 aliphatic rings. The number of H-pyrrole nitrogens is 1. The highest BCUT2D eigenvalue weighted by molar-refractivity contribution is 7.99. The van der Waals surface area contributed by atoms with E-state index < -0.39 is 7.82 Å². The number of benzene rings is 1. The number of ether oxygens (including phenoxy) is 1. The molecule has 40 heavy (non-hydrogen) atoms. The second-order valence-corrected chi connectivity index (χ2v) is 11.4. The lowest BCUT2D eigenvalue weighted by Gasteiger charge is -2.16. The third-order valence-electron chi connectivity index (χ3n) is 5.96. The second-order valence-electron chi connectivity index (χ2n) is 9.16. The summed E-state index contributed by atoms with van der Waals surface area (Å²) in [7, 11) is -4.49. The van der Waals surface area contributed by atoms with E-state index in [0.717, 1.165) is 22.5 Å². The molecular formula is C24H29N8O6PS. The number of phosphoric acid groups is 1. The number of hydrogen-bond acceptors (Lipinski definition) is 10. The van der Waals surface area contributed by atoms with Gasteiger partial charge in [0.05, 0.1) is 25.9 Å². The molecule has 1 fully saturated rings. The number of nitrogens with zero attached hydrogens (tertiary/aromatic N) is 5. The van der Waals surface area contributed by atoms with Crippen molar-refractivity contribution in [2.45, 2.75) is 29.5 Å². The molecule has 0 aliphatic carbocycles. The molecule has 0 bridgehead atoms. The monoisotopic (exact) mass is 588 g/mol. The van der Waals surface area contributed by atoms with Crippen molar-refractivity contribution in [2.75, 3.05) is 43.5 Å². The molecule has 3 aromatic heterocycles. The smallest absolute Gasteiger partial charge is 0.374 e. The van der Waals surface area contributed by atoms with E-state index in [9.17, 15) is 9.36 Å². The van der Waals surface area contributed by atoms with Crippen molar-refractivity contribution in [3.05, 3.63) is 54.4 Å². The van der Waals surface area contributed by atoms with Crippen molar-refractivity contribution in [1.29, 1.82) is 0 Å². The zero-order chi connectivity index (χ0) is 28.1. The SMILES string of the molecule is Cc1cc(Nc2nc(Sc3ccc(NC(=O)CN4CC[C@@H](OCCOP(=O)(O)O)C4)cc3)nn3cccc23)n[nH]1. The number of hydrogen-bond donors (Lipinski definition) is 5. The summed E-state index contributed by atoms with van der Waals surface area (Å²) >= 11 is 1.40. The van der Waals surface area contributed by atoms with Crippen molar-refractivity contribution < 1.29 is 28.4 Å². The third kappa shape index (κ3) is 7.88. The number of amides is 1. The topological polar surface area (TPSA) is 179 Å². The lowest BCUT2D eigenvalue weighted by Crippen LogP contribution is -2.32. The molecule has 1 saturated heterocycles. The van der Waals surface area contributed by atoms with Crippen molar-refractivity contribution in [2.24, 2.45) is 0 Å². The van der Waals surface area contributed by atoms with Crippen LogP contribution in [-0.2, 0) is 18.6 Å². The zero-order valence-corrected chi connectivity index (χ0v) is 23.3. The van der Waals surface area contributed by atoms with Crippen molar-refractivity contribution >= 4 is 48.3 Å². The first-order valence-electron chi connectivity index (χ1n) is 12.5. The van der Waals surface area contributed by atoms with Crippen LogP contribution in [0.3, 0.4) is 0 Å². The van der Waals surface area contributed by atoms with E-state index >= 15 is 0 Å². The summed E-state index contributed by atoms with van der Waals surface area (Å²) in [5.74, 6) is 1.17. The van der Waals surface area contributed by atoms with Gasteiger partial charge in [0.2, 0.25) is 11.1 Å². The van der Waals surface area contributed by atoms with Crippen molar-refractivity contribution in [3.63, 3.8) is 0 Å². The Labute approximate surface area is 233 Å². The van der Waals surface area contributed by atoms with Crippen LogP contribution in [0, 0.1) is 6.92 Å². The lowest BCUT2D eigenvalue weighted by atomic mass is 10.3. The van der Waals surface area contributed by atoms with Crippen LogP contribution in [0.5, 0.6) is 0 Å². The van der Waals surface area contributed by atoms with Gasteiger partial charge in [0.1, 0.15) is 5.52 Å². The number of carbonyl (C=O) groups is 1. The Morgan fingerprint density at radius 3 is 2.83 bits per heavy atom. The normalized spacial score (nSPS) is 16.0. The van der Waals surface area contributed by atoms with Gasteiger partial charge in [-0.15, -0.1) is 5.10 Å². The summed E-state index contributed by atoms with van der Waals surface area (Å²) in [6.45, 7) is 3.27. The highest BCUT2D eigenvalue weighted by Crippen LogP contribution is 2.35. The van der Waals surface area contributed by atoms with Crippen LogP contribution in [0.1, 0.15) is 12.1 Å². The van der Waals surface area contributed by atoms with Crippen LogP contribution in [-0.4, -0.2) is 84.3 Å². The van der Waals surface area contributed by atoms with Crippen molar-refractivity contribution in [1.82, 2.24) is 29.7 Å². The maximum atomic E-state index is 12.6. The molecule has 1 atom stereocenters. The van der Waals surface area contributed by atoms with E-state index in [1.54, 1.807) is 4.52 Å². The first-order valence-corrected chi connectivity index (χ1v) is 14.8. The van der Waals surface area contributed by atoms with Crippen molar-refractivity contribution in [3.8, 4) is 0 Å². The van der Waals surface area contributed by atoms with Gasteiger partial charge >= 0.3 is 7.82 Å². The fraction of sp³-hybridized carbons (Fsp3) is 0.333. The van der Waals surface area contributed by atoms with Gasteiger partial charge in [-0.1, -0.05) is 0 Å². The first-order chi connectivity index (χ1) is 19.2. The molecule has 5 N–H and O–H groups in total. The number of aromatic amines is 1. The molecule has 212 valence electrons. The summed E-state index contributed by atoms with van der Waals surface area (Å²) in [5.41, 5.74) is 2.44. The Bertz CT molecular complexity index is 1510. The number of rotatable bonds is 12. The predicted molar refractivity (Wildman–Crippen MR) is 148 cm³/mol. The minimum atomic E-state index is -4.49. The number of anilines is 3. The number of nitrogens with one attached hydrogen (secondary N) is 3. The number of aromatic nitrogens is 5. The van der Waals surface area contributed by atoms with Crippen LogP contribution in [0.2, 0.25) is 0 Å². The van der Waals surface area contributed by atoms with Gasteiger partial charge in [-0.05, 0) is 61.5 Å². The minimum absolute atomic E-state index is 0.0755. The number of fused-ring (bicyclic) bond motifs is 1. The summed E-state index contributed by atoms with van der Waals surface area (Å²) < 4.78 is 22.4. The molecule has 0 radical (unpaired) electrons. The van der Waals surface area contributed by atoms with Crippen LogP contribution in [0.4, 0.5) is 17.3 Å². The minimum Gasteiger partial charge on any atom is -0.374 e.